The van der Waals surface area contributed by atoms with E-state index in [4.69, 9.17) is 9.72 Å². The van der Waals surface area contributed by atoms with E-state index in [1.165, 1.54) is 11.3 Å². The van der Waals surface area contributed by atoms with E-state index in [-0.39, 0.29) is 41.8 Å². The van der Waals surface area contributed by atoms with Crippen LogP contribution in [0.3, 0.4) is 0 Å². The van der Waals surface area contributed by atoms with Crippen LogP contribution in [0, 0.1) is 16.7 Å². The number of nitrogens with one attached hydrogen (secondary N) is 2. The van der Waals surface area contributed by atoms with Gasteiger partial charge >= 0.3 is 6.03 Å². The van der Waals surface area contributed by atoms with Gasteiger partial charge in [0, 0.05) is 41.8 Å². The van der Waals surface area contributed by atoms with E-state index < -0.39 is 11.5 Å². The van der Waals surface area contributed by atoms with Gasteiger partial charge in [0.1, 0.15) is 0 Å². The van der Waals surface area contributed by atoms with Gasteiger partial charge in [0.2, 0.25) is 5.91 Å². The van der Waals surface area contributed by atoms with Crippen molar-refractivity contribution in [2.45, 2.75) is 83.3 Å². The molecule has 10 heteroatoms. The molecule has 3 aliphatic carbocycles. The molecule has 3 fully saturated rings. The Morgan fingerprint density at radius 1 is 1.19 bits per heavy atom. The Labute approximate surface area is 217 Å². The van der Waals surface area contributed by atoms with Gasteiger partial charge in [-0.05, 0) is 43.4 Å². The van der Waals surface area contributed by atoms with Gasteiger partial charge in [0.15, 0.2) is 5.13 Å². The van der Waals surface area contributed by atoms with Gasteiger partial charge in [0.25, 0.3) is 0 Å². The third kappa shape index (κ3) is 4.66. The van der Waals surface area contributed by atoms with Gasteiger partial charge in [-0.1, -0.05) is 26.7 Å². The Bertz CT molecular complexity index is 976. The van der Waals surface area contributed by atoms with Gasteiger partial charge in [-0.25, -0.2) is 9.78 Å². The molecule has 2 heterocycles. The molecule has 5 rings (SSSR count). The maximum atomic E-state index is 13.3. The Morgan fingerprint density at radius 2 is 1.92 bits per heavy atom. The maximum Gasteiger partial charge on any atom is 0.323 e. The van der Waals surface area contributed by atoms with Crippen LogP contribution in [-0.2, 0) is 16.0 Å². The Morgan fingerprint density at radius 3 is 2.61 bits per heavy atom. The summed E-state index contributed by atoms with van der Waals surface area (Å²) >= 11 is 1.46. The number of nitrogens with zero attached hydrogens (tertiary/aromatic N) is 2. The molecular formula is C26H40N4O5S. The van der Waals surface area contributed by atoms with Crippen molar-refractivity contribution in [1.82, 2.24) is 15.2 Å². The molecule has 4 aliphatic rings. The number of hydrogen-bond donors (Lipinski definition) is 4. The second kappa shape index (κ2) is 10.2. The first-order chi connectivity index (χ1) is 17.2. The molecule has 0 aromatic carbocycles. The van der Waals surface area contributed by atoms with Gasteiger partial charge in [-0.2, -0.15) is 0 Å². The lowest BCUT2D eigenvalue weighted by Gasteiger charge is -2.58. The molecule has 0 spiro atoms. The molecule has 1 aliphatic heterocycles. The van der Waals surface area contributed by atoms with Crippen LogP contribution in [0.1, 0.15) is 75.3 Å². The molecule has 1 aromatic rings. The summed E-state index contributed by atoms with van der Waals surface area (Å²) in [6, 6.07) is 0.0676. The summed E-state index contributed by atoms with van der Waals surface area (Å²) in [7, 11) is 0. The number of amides is 3. The van der Waals surface area contributed by atoms with Crippen LogP contribution in [0.15, 0.2) is 0 Å². The van der Waals surface area contributed by atoms with Crippen molar-refractivity contribution in [3.05, 3.63) is 10.6 Å². The molecule has 4 N–H and O–H groups in total. The van der Waals surface area contributed by atoms with E-state index >= 15 is 0 Å². The number of ether oxygens (including phenoxy) is 1. The molecule has 0 radical (unpaired) electrons. The summed E-state index contributed by atoms with van der Waals surface area (Å²) in [5, 5.41) is 28.1. The molecule has 3 amide bonds. The number of aliphatic hydroxyl groups is 2. The third-order valence-electron chi connectivity index (χ3n) is 9.52. The summed E-state index contributed by atoms with van der Waals surface area (Å²) in [4.78, 5) is 33.8. The highest BCUT2D eigenvalue weighted by atomic mass is 32.1. The Balaban J connectivity index is 1.44. The van der Waals surface area contributed by atoms with Gasteiger partial charge in [-0.15, -0.1) is 11.3 Å². The number of fused-ring (bicyclic) bond motifs is 2. The summed E-state index contributed by atoms with van der Waals surface area (Å²) in [6.45, 7) is 6.23. The number of carbonyl (C=O) groups excluding carboxylic acids is 2. The lowest BCUT2D eigenvalue weighted by molar-refractivity contribution is -0.144. The molecule has 5 unspecified atom stereocenters. The minimum atomic E-state index is -0.661. The van der Waals surface area contributed by atoms with Crippen LogP contribution in [0.2, 0.25) is 0 Å². The van der Waals surface area contributed by atoms with Crippen LogP contribution in [0.5, 0.6) is 0 Å². The molecule has 1 saturated heterocycles. The number of aliphatic hydroxyl groups excluding tert-OH is 2. The first kappa shape index (κ1) is 25.9. The maximum absolute atomic E-state index is 13.3. The van der Waals surface area contributed by atoms with Gasteiger partial charge in [-0.3, -0.25) is 10.1 Å². The molecule has 9 nitrogen and oxygen atoms in total. The number of aromatic nitrogens is 1. The SMILES string of the molecule is CC1(CO)C(O)CCC2(C)C(CC(=O)NC3CCCC3)c3nc(NC(=O)N4CCOCC4)sc3CC12. The number of rotatable bonds is 5. The molecular weight excluding hydrogens is 480 g/mol. The first-order valence-corrected chi connectivity index (χ1v) is 14.3. The summed E-state index contributed by atoms with van der Waals surface area (Å²) in [5.41, 5.74) is -0.0585. The zero-order valence-corrected chi connectivity index (χ0v) is 22.2. The van der Waals surface area contributed by atoms with E-state index in [1.54, 1.807) is 4.90 Å². The van der Waals surface area contributed by atoms with Crippen molar-refractivity contribution in [1.29, 1.82) is 0 Å². The molecule has 200 valence electrons. The standard InChI is InChI=1S/C26H40N4O5S/c1-25-8-7-20(32)26(2,15-31)19(25)14-18-22(17(25)13-21(33)27-16-5-3-4-6-16)28-23(36-18)29-24(34)30-9-11-35-12-10-30/h16-17,19-20,31-32H,3-15H2,1-2H3,(H,27,33)(H,28,29,34). The fourth-order valence-corrected chi connectivity index (χ4v) is 8.24. The molecule has 36 heavy (non-hydrogen) atoms. The zero-order chi connectivity index (χ0) is 25.5. The fourth-order valence-electron chi connectivity index (χ4n) is 7.18. The smallest absolute Gasteiger partial charge is 0.323 e. The second-order valence-corrected chi connectivity index (χ2v) is 12.7. The van der Waals surface area contributed by atoms with Gasteiger partial charge < -0.3 is 25.2 Å². The van der Waals surface area contributed by atoms with Crippen molar-refractivity contribution >= 4 is 28.4 Å². The number of urea groups is 1. The largest absolute Gasteiger partial charge is 0.396 e. The van der Waals surface area contributed by atoms with Crippen molar-refractivity contribution < 1.29 is 24.5 Å². The number of anilines is 1. The van der Waals surface area contributed by atoms with Crippen LogP contribution in [0.25, 0.3) is 0 Å². The first-order valence-electron chi connectivity index (χ1n) is 13.5. The van der Waals surface area contributed by atoms with Crippen molar-refractivity contribution in [2.24, 2.45) is 16.7 Å². The van der Waals surface area contributed by atoms with E-state index in [0.717, 1.165) is 42.7 Å². The predicted molar refractivity (Wildman–Crippen MR) is 137 cm³/mol. The molecule has 0 bridgehead atoms. The predicted octanol–water partition coefficient (Wildman–Crippen LogP) is 2.87. The topological polar surface area (TPSA) is 124 Å². The van der Waals surface area contributed by atoms with E-state index in [0.29, 0.717) is 50.7 Å². The van der Waals surface area contributed by atoms with Crippen molar-refractivity contribution in [3.63, 3.8) is 0 Å². The Kier molecular flexibility index (Phi) is 7.33. The number of morpholine rings is 1. The average molecular weight is 521 g/mol. The van der Waals surface area contributed by atoms with Crippen LogP contribution in [-0.4, -0.2) is 77.1 Å². The van der Waals surface area contributed by atoms with E-state index in [1.807, 2.05) is 6.92 Å². The highest BCUT2D eigenvalue weighted by molar-refractivity contribution is 7.15. The summed E-state index contributed by atoms with van der Waals surface area (Å²) < 4.78 is 5.36. The lowest BCUT2D eigenvalue weighted by atomic mass is 9.47. The van der Waals surface area contributed by atoms with Crippen molar-refractivity contribution in [3.8, 4) is 0 Å². The van der Waals surface area contributed by atoms with Gasteiger partial charge in [0.05, 0.1) is 31.6 Å². The highest BCUT2D eigenvalue weighted by Crippen LogP contribution is 2.62. The second-order valence-electron chi connectivity index (χ2n) is 11.6. The fraction of sp³-hybridized carbons (Fsp3) is 0.808. The monoisotopic (exact) mass is 520 g/mol. The summed E-state index contributed by atoms with van der Waals surface area (Å²) in [5.74, 6) is -0.0986. The Hall–Kier alpha value is -1.75. The van der Waals surface area contributed by atoms with E-state index in [9.17, 15) is 19.8 Å². The van der Waals surface area contributed by atoms with E-state index in [2.05, 4.69) is 17.6 Å². The third-order valence-corrected chi connectivity index (χ3v) is 10.5. The minimum absolute atomic E-state index is 0.00113. The van der Waals surface area contributed by atoms with Crippen LogP contribution in [0.4, 0.5) is 9.93 Å². The molecule has 5 atom stereocenters. The zero-order valence-electron chi connectivity index (χ0n) is 21.4. The quantitative estimate of drug-likeness (QED) is 0.473. The highest BCUT2D eigenvalue weighted by Gasteiger charge is 2.59. The average Bonchev–Trinajstić information content (AvgIpc) is 3.53. The molecule has 2 saturated carbocycles. The molecule has 1 aromatic heterocycles. The van der Waals surface area contributed by atoms with Crippen LogP contribution >= 0.6 is 11.3 Å². The number of hydrogen-bond acceptors (Lipinski definition) is 7. The number of carbonyl (C=O) groups is 2. The normalized spacial score (nSPS) is 34.7. The number of thiazole rings is 1. The lowest BCUT2D eigenvalue weighted by Crippen LogP contribution is -2.57. The van der Waals surface area contributed by atoms with Crippen LogP contribution < -0.4 is 10.6 Å². The summed E-state index contributed by atoms with van der Waals surface area (Å²) in [6.07, 6.45) is 6.14. The van der Waals surface area contributed by atoms with Crippen molar-refractivity contribution in [2.75, 3.05) is 38.2 Å². The minimum Gasteiger partial charge on any atom is -0.396 e.